The molecule has 0 radical (unpaired) electrons. The molecule has 2 heterocycles. The SMILES string of the molecule is CCCNCc1sc(N2CCC(C)C(C)C2)nc1C. The molecule has 2 rings (SSSR count). The van der Waals surface area contributed by atoms with Crippen LogP contribution in [0.1, 0.15) is 44.2 Å². The maximum absolute atomic E-state index is 4.78. The van der Waals surface area contributed by atoms with Crippen molar-refractivity contribution in [2.75, 3.05) is 24.5 Å². The van der Waals surface area contributed by atoms with E-state index in [9.17, 15) is 0 Å². The molecule has 3 nitrogen and oxygen atoms in total. The van der Waals surface area contributed by atoms with Crippen molar-refractivity contribution in [1.82, 2.24) is 10.3 Å². The first kappa shape index (κ1) is 14.8. The molecule has 1 aromatic rings. The summed E-state index contributed by atoms with van der Waals surface area (Å²) >= 11 is 1.87. The normalized spacial score (nSPS) is 23.9. The number of anilines is 1. The van der Waals surface area contributed by atoms with E-state index in [1.54, 1.807) is 0 Å². The minimum Gasteiger partial charge on any atom is -0.348 e. The summed E-state index contributed by atoms with van der Waals surface area (Å²) in [5, 5.41) is 4.70. The Kier molecular flexibility index (Phi) is 5.22. The van der Waals surface area contributed by atoms with Gasteiger partial charge in [-0.2, -0.15) is 0 Å². The topological polar surface area (TPSA) is 28.2 Å². The van der Waals surface area contributed by atoms with Gasteiger partial charge in [-0.1, -0.05) is 20.8 Å². The second kappa shape index (κ2) is 6.71. The van der Waals surface area contributed by atoms with Crippen LogP contribution in [0.15, 0.2) is 0 Å². The van der Waals surface area contributed by atoms with Crippen molar-refractivity contribution in [2.45, 2.75) is 47.1 Å². The maximum Gasteiger partial charge on any atom is 0.185 e. The molecule has 1 aromatic heterocycles. The standard InChI is InChI=1S/C15H27N3S/c1-5-7-16-9-14-13(4)17-15(19-14)18-8-6-11(2)12(3)10-18/h11-12,16H,5-10H2,1-4H3. The largest absolute Gasteiger partial charge is 0.348 e. The van der Waals surface area contributed by atoms with Gasteiger partial charge in [0.15, 0.2) is 5.13 Å². The van der Waals surface area contributed by atoms with Gasteiger partial charge in [0.05, 0.1) is 5.69 Å². The molecule has 1 saturated heterocycles. The first-order valence-corrected chi connectivity index (χ1v) is 8.35. The number of thiazole rings is 1. The number of rotatable bonds is 5. The highest BCUT2D eigenvalue weighted by atomic mass is 32.1. The summed E-state index contributed by atoms with van der Waals surface area (Å²) in [6, 6.07) is 0. The van der Waals surface area contributed by atoms with Gasteiger partial charge in [0.2, 0.25) is 0 Å². The highest BCUT2D eigenvalue weighted by Crippen LogP contribution is 2.31. The number of aromatic nitrogens is 1. The van der Waals surface area contributed by atoms with Gasteiger partial charge in [-0.25, -0.2) is 4.98 Å². The summed E-state index contributed by atoms with van der Waals surface area (Å²) in [5.74, 6) is 1.63. The highest BCUT2D eigenvalue weighted by molar-refractivity contribution is 7.15. The van der Waals surface area contributed by atoms with Crippen molar-refractivity contribution in [3.63, 3.8) is 0 Å². The fourth-order valence-corrected chi connectivity index (χ4v) is 3.59. The lowest BCUT2D eigenvalue weighted by atomic mass is 9.89. The lowest BCUT2D eigenvalue weighted by Gasteiger charge is -2.35. The van der Waals surface area contributed by atoms with Crippen LogP contribution in [-0.4, -0.2) is 24.6 Å². The van der Waals surface area contributed by atoms with Crippen LogP contribution in [0.2, 0.25) is 0 Å². The van der Waals surface area contributed by atoms with E-state index < -0.39 is 0 Å². The predicted molar refractivity (Wildman–Crippen MR) is 84.0 cm³/mol. The molecule has 1 aliphatic rings. The Bertz CT molecular complexity index is 402. The molecule has 2 atom stereocenters. The summed E-state index contributed by atoms with van der Waals surface area (Å²) in [7, 11) is 0. The molecule has 0 amide bonds. The third-order valence-corrected chi connectivity index (χ3v) is 5.42. The van der Waals surface area contributed by atoms with Crippen molar-refractivity contribution < 1.29 is 0 Å². The Balaban J connectivity index is 1.99. The van der Waals surface area contributed by atoms with Gasteiger partial charge in [0, 0.05) is 24.5 Å². The minimum atomic E-state index is 0.777. The first-order valence-electron chi connectivity index (χ1n) is 7.53. The Morgan fingerprint density at radius 3 is 2.84 bits per heavy atom. The fourth-order valence-electron chi connectivity index (χ4n) is 2.53. The molecule has 0 aromatic carbocycles. The van der Waals surface area contributed by atoms with Crippen molar-refractivity contribution >= 4 is 16.5 Å². The monoisotopic (exact) mass is 281 g/mol. The summed E-state index contributed by atoms with van der Waals surface area (Å²) in [6.07, 6.45) is 2.48. The van der Waals surface area contributed by atoms with Gasteiger partial charge in [-0.05, 0) is 38.1 Å². The Hall–Kier alpha value is -0.610. The van der Waals surface area contributed by atoms with Crippen LogP contribution >= 0.6 is 11.3 Å². The summed E-state index contributed by atoms with van der Waals surface area (Å²) in [5.41, 5.74) is 1.20. The van der Waals surface area contributed by atoms with Gasteiger partial charge < -0.3 is 10.2 Å². The number of nitrogens with zero attached hydrogens (tertiary/aromatic N) is 2. The van der Waals surface area contributed by atoms with Gasteiger partial charge in [0.1, 0.15) is 0 Å². The van der Waals surface area contributed by atoms with Crippen LogP contribution in [0.5, 0.6) is 0 Å². The molecular formula is C15H27N3S. The van der Waals surface area contributed by atoms with Crippen LogP contribution in [-0.2, 0) is 6.54 Å². The van der Waals surface area contributed by atoms with Crippen molar-refractivity contribution in [1.29, 1.82) is 0 Å². The molecule has 0 spiro atoms. The molecular weight excluding hydrogens is 254 g/mol. The fraction of sp³-hybridized carbons (Fsp3) is 0.800. The van der Waals surface area contributed by atoms with Crippen LogP contribution in [0.3, 0.4) is 0 Å². The number of nitrogens with one attached hydrogen (secondary N) is 1. The van der Waals surface area contributed by atoms with Gasteiger partial charge in [-0.3, -0.25) is 0 Å². The van der Waals surface area contributed by atoms with Crippen LogP contribution in [0.25, 0.3) is 0 Å². The average molecular weight is 281 g/mol. The molecule has 2 unspecified atom stereocenters. The number of piperidine rings is 1. The maximum atomic E-state index is 4.78. The molecule has 4 heteroatoms. The van der Waals surface area contributed by atoms with E-state index in [0.717, 1.165) is 31.5 Å². The smallest absolute Gasteiger partial charge is 0.185 e. The average Bonchev–Trinajstić information content (AvgIpc) is 2.75. The van der Waals surface area contributed by atoms with Gasteiger partial charge in [0.25, 0.3) is 0 Å². The van der Waals surface area contributed by atoms with E-state index >= 15 is 0 Å². The van der Waals surface area contributed by atoms with Crippen molar-refractivity contribution in [2.24, 2.45) is 11.8 Å². The molecule has 19 heavy (non-hydrogen) atoms. The van der Waals surface area contributed by atoms with E-state index in [1.807, 2.05) is 11.3 Å². The van der Waals surface area contributed by atoms with Gasteiger partial charge in [-0.15, -0.1) is 11.3 Å². The summed E-state index contributed by atoms with van der Waals surface area (Å²) in [6.45, 7) is 13.5. The second-order valence-electron chi connectivity index (χ2n) is 5.87. The Labute approximate surface area is 121 Å². The molecule has 0 bridgehead atoms. The summed E-state index contributed by atoms with van der Waals surface area (Å²) in [4.78, 5) is 8.65. The van der Waals surface area contributed by atoms with E-state index in [0.29, 0.717) is 0 Å². The Morgan fingerprint density at radius 1 is 1.37 bits per heavy atom. The molecule has 1 N–H and O–H groups in total. The first-order chi connectivity index (χ1) is 9.11. The van der Waals surface area contributed by atoms with Crippen LogP contribution in [0, 0.1) is 18.8 Å². The third-order valence-electron chi connectivity index (χ3n) is 4.20. The van der Waals surface area contributed by atoms with E-state index in [4.69, 9.17) is 4.98 Å². The van der Waals surface area contributed by atoms with Crippen molar-refractivity contribution in [3.8, 4) is 0 Å². The zero-order chi connectivity index (χ0) is 13.8. The predicted octanol–water partition coefficient (Wildman–Crippen LogP) is 3.43. The number of hydrogen-bond donors (Lipinski definition) is 1. The van der Waals surface area contributed by atoms with Gasteiger partial charge >= 0.3 is 0 Å². The summed E-state index contributed by atoms with van der Waals surface area (Å²) < 4.78 is 0. The zero-order valence-electron chi connectivity index (χ0n) is 12.7. The highest BCUT2D eigenvalue weighted by Gasteiger charge is 2.24. The van der Waals surface area contributed by atoms with Crippen LogP contribution < -0.4 is 10.2 Å². The van der Waals surface area contributed by atoms with Crippen molar-refractivity contribution in [3.05, 3.63) is 10.6 Å². The second-order valence-corrected chi connectivity index (χ2v) is 6.93. The molecule has 1 aliphatic heterocycles. The van der Waals surface area contributed by atoms with Crippen LogP contribution in [0.4, 0.5) is 5.13 Å². The molecule has 1 fully saturated rings. The zero-order valence-corrected chi connectivity index (χ0v) is 13.5. The minimum absolute atomic E-state index is 0.777. The molecule has 0 saturated carbocycles. The van der Waals surface area contributed by atoms with E-state index in [2.05, 4.69) is 37.9 Å². The number of hydrogen-bond acceptors (Lipinski definition) is 4. The lowest BCUT2D eigenvalue weighted by molar-refractivity contribution is 0.324. The van der Waals surface area contributed by atoms with E-state index in [1.165, 1.54) is 35.1 Å². The lowest BCUT2D eigenvalue weighted by Crippen LogP contribution is -2.38. The molecule has 108 valence electrons. The quantitative estimate of drug-likeness (QED) is 0.838. The third kappa shape index (κ3) is 3.69. The Morgan fingerprint density at radius 2 is 2.16 bits per heavy atom. The molecule has 0 aliphatic carbocycles. The number of aryl methyl sites for hydroxylation is 1. The van der Waals surface area contributed by atoms with E-state index in [-0.39, 0.29) is 0 Å².